The number of pyridine rings is 1. The predicted octanol–water partition coefficient (Wildman–Crippen LogP) is 2.11. The zero-order valence-electron chi connectivity index (χ0n) is 17.2. The molecule has 1 unspecified atom stereocenters. The van der Waals surface area contributed by atoms with Gasteiger partial charge >= 0.3 is 0 Å². The third kappa shape index (κ3) is 5.81. The van der Waals surface area contributed by atoms with Crippen LogP contribution < -0.4 is 11.1 Å². The summed E-state index contributed by atoms with van der Waals surface area (Å²) in [7, 11) is 0. The largest absolute Gasteiger partial charge is 0.352 e. The van der Waals surface area contributed by atoms with Gasteiger partial charge in [0.2, 0.25) is 11.8 Å². The smallest absolute Gasteiger partial charge is 0.243 e. The van der Waals surface area contributed by atoms with Gasteiger partial charge in [-0.3, -0.25) is 14.6 Å². The molecule has 1 aromatic heterocycles. The Morgan fingerprint density at radius 1 is 1.26 bits per heavy atom. The molecule has 3 atom stereocenters. The molecule has 1 aliphatic rings. The second-order valence-electron chi connectivity index (χ2n) is 7.85. The lowest BCUT2D eigenvalue weighted by Gasteiger charge is -2.29. The highest BCUT2D eigenvalue weighted by Crippen LogP contribution is 2.18. The molecule has 0 bridgehead atoms. The fourth-order valence-corrected chi connectivity index (χ4v) is 3.68. The second kappa shape index (κ2) is 9.91. The summed E-state index contributed by atoms with van der Waals surface area (Å²) < 4.78 is 40.5. The molecule has 1 aliphatic heterocycles. The fourth-order valence-electron chi connectivity index (χ4n) is 3.68. The van der Waals surface area contributed by atoms with Crippen LogP contribution in [-0.2, 0) is 22.4 Å². The number of benzene rings is 1. The average Bonchev–Trinajstić information content (AvgIpc) is 2.85. The number of hydrogen-bond acceptors (Lipinski definition) is 4. The van der Waals surface area contributed by atoms with Crippen LogP contribution in [0.25, 0.3) is 0 Å². The van der Waals surface area contributed by atoms with Crippen LogP contribution in [0.15, 0.2) is 36.5 Å². The van der Waals surface area contributed by atoms with Crippen LogP contribution in [0, 0.1) is 17.5 Å². The number of halogens is 3. The van der Waals surface area contributed by atoms with Crippen molar-refractivity contribution in [2.75, 3.05) is 6.54 Å². The number of amides is 2. The maximum absolute atomic E-state index is 13.9. The number of carbonyl (C=O) groups excluding carboxylic acids is 2. The normalized spacial score (nSPS) is 20.2. The van der Waals surface area contributed by atoms with E-state index in [2.05, 4.69) is 10.3 Å². The van der Waals surface area contributed by atoms with E-state index < -0.39 is 29.5 Å². The summed E-state index contributed by atoms with van der Waals surface area (Å²) in [4.78, 5) is 31.5. The summed E-state index contributed by atoms with van der Waals surface area (Å²) >= 11 is 0. The highest BCUT2D eigenvalue weighted by atomic mass is 19.2. The minimum absolute atomic E-state index is 0.0958. The Bertz CT molecular complexity index is 942. The number of carbonyl (C=O) groups is 2. The molecule has 0 saturated carbocycles. The summed E-state index contributed by atoms with van der Waals surface area (Å²) in [5.74, 6) is -4.01. The van der Waals surface area contributed by atoms with Crippen LogP contribution in [0.2, 0.25) is 0 Å². The van der Waals surface area contributed by atoms with Gasteiger partial charge in [-0.25, -0.2) is 13.2 Å². The lowest BCUT2D eigenvalue weighted by atomic mass is 10.0. The first kappa shape index (κ1) is 22.7. The van der Waals surface area contributed by atoms with E-state index in [9.17, 15) is 22.8 Å². The molecule has 0 spiro atoms. The summed E-state index contributed by atoms with van der Waals surface area (Å²) in [6, 6.07) is 4.88. The molecule has 0 aliphatic carbocycles. The number of aromatic nitrogens is 1. The molecule has 2 aromatic rings. The van der Waals surface area contributed by atoms with Crippen LogP contribution >= 0.6 is 0 Å². The molecule has 9 heteroatoms. The maximum Gasteiger partial charge on any atom is 0.243 e. The van der Waals surface area contributed by atoms with E-state index in [1.54, 1.807) is 24.4 Å². The Hall–Kier alpha value is -2.94. The van der Waals surface area contributed by atoms with E-state index in [1.165, 1.54) is 4.90 Å². The molecule has 1 aromatic carbocycles. The molecule has 6 nitrogen and oxygen atoms in total. The van der Waals surface area contributed by atoms with Gasteiger partial charge in [-0.05, 0) is 43.5 Å². The molecular formula is C22H25F3N4O2. The first-order chi connectivity index (χ1) is 14.7. The van der Waals surface area contributed by atoms with Gasteiger partial charge in [0, 0.05) is 49.4 Å². The minimum atomic E-state index is -1.28. The summed E-state index contributed by atoms with van der Waals surface area (Å²) in [6.45, 7) is 2.21. The van der Waals surface area contributed by atoms with E-state index >= 15 is 0 Å². The number of hydrogen-bond donors (Lipinski definition) is 2. The molecule has 2 heterocycles. The van der Waals surface area contributed by atoms with Gasteiger partial charge in [0.25, 0.3) is 0 Å². The van der Waals surface area contributed by atoms with Gasteiger partial charge in [0.05, 0.1) is 0 Å². The maximum atomic E-state index is 13.9. The van der Waals surface area contributed by atoms with Crippen molar-refractivity contribution in [3.8, 4) is 0 Å². The molecule has 0 radical (unpaired) electrons. The van der Waals surface area contributed by atoms with Gasteiger partial charge in [-0.2, -0.15) is 0 Å². The number of nitrogens with zero attached hydrogens (tertiary/aromatic N) is 2. The average molecular weight is 434 g/mol. The summed E-state index contributed by atoms with van der Waals surface area (Å²) in [5.41, 5.74) is 6.59. The summed E-state index contributed by atoms with van der Waals surface area (Å²) in [5, 5.41) is 2.89. The summed E-state index contributed by atoms with van der Waals surface area (Å²) in [6.07, 6.45) is 2.13. The van der Waals surface area contributed by atoms with Crippen LogP contribution in [0.3, 0.4) is 0 Å². The van der Waals surface area contributed by atoms with Crippen molar-refractivity contribution >= 4 is 11.8 Å². The SMILES string of the molecule is C[C@@H]1CCN(C(=O)CC(N)Cc2cc(F)c(F)cc2F)[C@H](Cc2ccccn2)C(=O)N1. The van der Waals surface area contributed by atoms with E-state index in [-0.39, 0.29) is 42.7 Å². The Labute approximate surface area is 178 Å². The second-order valence-corrected chi connectivity index (χ2v) is 7.85. The van der Waals surface area contributed by atoms with Crippen molar-refractivity contribution in [2.45, 2.75) is 50.7 Å². The van der Waals surface area contributed by atoms with Crippen LogP contribution in [-0.4, -0.2) is 46.4 Å². The highest BCUT2D eigenvalue weighted by Gasteiger charge is 2.34. The van der Waals surface area contributed by atoms with E-state index in [0.29, 0.717) is 24.7 Å². The van der Waals surface area contributed by atoms with Crippen molar-refractivity contribution < 1.29 is 22.8 Å². The molecule has 2 amide bonds. The molecule has 1 fully saturated rings. The van der Waals surface area contributed by atoms with Crippen LogP contribution in [0.5, 0.6) is 0 Å². The van der Waals surface area contributed by atoms with Crippen molar-refractivity contribution in [1.82, 2.24) is 15.2 Å². The molecule has 1 saturated heterocycles. The van der Waals surface area contributed by atoms with Gasteiger partial charge in [0.1, 0.15) is 11.9 Å². The number of nitrogens with two attached hydrogens (primary N) is 1. The monoisotopic (exact) mass is 434 g/mol. The molecule has 31 heavy (non-hydrogen) atoms. The van der Waals surface area contributed by atoms with Gasteiger partial charge in [-0.15, -0.1) is 0 Å². The highest BCUT2D eigenvalue weighted by molar-refractivity contribution is 5.88. The third-order valence-electron chi connectivity index (χ3n) is 5.33. The Kier molecular flexibility index (Phi) is 7.27. The zero-order chi connectivity index (χ0) is 22.5. The van der Waals surface area contributed by atoms with Gasteiger partial charge in [0.15, 0.2) is 11.6 Å². The molecule has 3 N–H and O–H groups in total. The zero-order valence-corrected chi connectivity index (χ0v) is 17.2. The third-order valence-corrected chi connectivity index (χ3v) is 5.33. The van der Waals surface area contributed by atoms with E-state index in [0.717, 1.165) is 6.07 Å². The van der Waals surface area contributed by atoms with Crippen molar-refractivity contribution in [2.24, 2.45) is 5.73 Å². The first-order valence-electron chi connectivity index (χ1n) is 10.1. The lowest BCUT2D eigenvalue weighted by Crippen LogP contribution is -2.50. The van der Waals surface area contributed by atoms with Crippen LogP contribution in [0.1, 0.15) is 31.0 Å². The Morgan fingerprint density at radius 2 is 2.00 bits per heavy atom. The minimum Gasteiger partial charge on any atom is -0.352 e. The Morgan fingerprint density at radius 3 is 2.71 bits per heavy atom. The molecule has 3 rings (SSSR count). The van der Waals surface area contributed by atoms with Crippen LogP contribution in [0.4, 0.5) is 13.2 Å². The van der Waals surface area contributed by atoms with Gasteiger partial charge < -0.3 is 16.0 Å². The first-order valence-corrected chi connectivity index (χ1v) is 10.1. The molecular weight excluding hydrogens is 409 g/mol. The predicted molar refractivity (Wildman–Crippen MR) is 108 cm³/mol. The standard InChI is InChI=1S/C22H25F3N4O2/c1-13-5-7-29(20(22(31)28-13)11-16-4-2-3-6-27-16)21(30)10-15(26)8-14-9-18(24)19(25)12-17(14)23/h2-4,6,9,12-13,15,20H,5,7-8,10-11,26H2,1H3,(H,28,31)/t13-,15?,20-/m1/s1. The topological polar surface area (TPSA) is 88.3 Å². The van der Waals surface area contributed by atoms with Crippen molar-refractivity contribution in [1.29, 1.82) is 0 Å². The van der Waals surface area contributed by atoms with Crippen molar-refractivity contribution in [3.63, 3.8) is 0 Å². The van der Waals surface area contributed by atoms with E-state index in [4.69, 9.17) is 5.73 Å². The van der Waals surface area contributed by atoms with Gasteiger partial charge in [-0.1, -0.05) is 6.07 Å². The number of nitrogens with one attached hydrogen (secondary N) is 1. The van der Waals surface area contributed by atoms with E-state index in [1.807, 2.05) is 6.92 Å². The lowest BCUT2D eigenvalue weighted by molar-refractivity contribution is -0.139. The molecule has 166 valence electrons. The quantitative estimate of drug-likeness (QED) is 0.682. The Balaban J connectivity index is 1.73. The fraction of sp³-hybridized carbons (Fsp3) is 0.409. The number of rotatable bonds is 6. The van der Waals surface area contributed by atoms with Crippen molar-refractivity contribution in [3.05, 3.63) is 65.2 Å².